The van der Waals surface area contributed by atoms with Crippen molar-refractivity contribution in [2.24, 2.45) is 0 Å². The summed E-state index contributed by atoms with van der Waals surface area (Å²) in [5.41, 5.74) is 3.21. The number of urea groups is 1. The molecule has 1 aliphatic rings. The van der Waals surface area contributed by atoms with Crippen LogP contribution >= 0.6 is 0 Å². The van der Waals surface area contributed by atoms with Gasteiger partial charge in [-0.2, -0.15) is 0 Å². The van der Waals surface area contributed by atoms with E-state index in [2.05, 4.69) is 12.2 Å². The molecule has 1 aliphatic heterocycles. The van der Waals surface area contributed by atoms with Gasteiger partial charge in [-0.3, -0.25) is 4.90 Å². The number of hydrogen-bond donors (Lipinski definition) is 1. The molecule has 0 bridgehead atoms. The van der Waals surface area contributed by atoms with E-state index in [1.807, 2.05) is 31.2 Å². The molecule has 0 radical (unpaired) electrons. The van der Waals surface area contributed by atoms with Crippen molar-refractivity contribution in [2.75, 3.05) is 13.7 Å². The number of allylic oxidation sites excluding steroid dienone is 1. The predicted molar refractivity (Wildman–Crippen MR) is 84.2 cm³/mol. The number of ether oxygens (including phenoxy) is 1. The van der Waals surface area contributed by atoms with Gasteiger partial charge in [-0.1, -0.05) is 31.2 Å². The first kappa shape index (κ1) is 16.1. The van der Waals surface area contributed by atoms with Gasteiger partial charge in [0.05, 0.1) is 18.7 Å². The molecule has 1 aromatic rings. The molecule has 0 aromatic heterocycles. The normalized spacial score (nSPS) is 18.3. The molecule has 1 aromatic carbocycles. The zero-order valence-electron chi connectivity index (χ0n) is 13.5. The van der Waals surface area contributed by atoms with Crippen molar-refractivity contribution in [1.29, 1.82) is 0 Å². The Morgan fingerprint density at radius 1 is 1.27 bits per heavy atom. The van der Waals surface area contributed by atoms with Gasteiger partial charge in [0, 0.05) is 12.2 Å². The first-order chi connectivity index (χ1) is 10.5. The number of amides is 2. The molecule has 5 heteroatoms. The van der Waals surface area contributed by atoms with Crippen LogP contribution in [0.5, 0.6) is 0 Å². The summed E-state index contributed by atoms with van der Waals surface area (Å²) in [6.45, 7) is 6.23. The van der Waals surface area contributed by atoms with Crippen LogP contribution in [0.2, 0.25) is 0 Å². The van der Waals surface area contributed by atoms with E-state index in [0.29, 0.717) is 17.8 Å². The van der Waals surface area contributed by atoms with Crippen molar-refractivity contribution in [1.82, 2.24) is 10.2 Å². The Morgan fingerprint density at radius 2 is 1.91 bits per heavy atom. The molecule has 0 fully saturated rings. The van der Waals surface area contributed by atoms with Gasteiger partial charge in [0.25, 0.3) is 0 Å². The number of nitrogens with zero attached hydrogens (tertiary/aromatic N) is 1. The van der Waals surface area contributed by atoms with E-state index in [4.69, 9.17) is 4.74 Å². The molecule has 0 saturated heterocycles. The Bertz CT molecular complexity index is 605. The molecule has 0 saturated carbocycles. The highest BCUT2D eigenvalue weighted by molar-refractivity contribution is 5.94. The Hall–Kier alpha value is -2.30. The van der Waals surface area contributed by atoms with Crippen LogP contribution in [0.25, 0.3) is 0 Å². The molecule has 2 rings (SSSR count). The van der Waals surface area contributed by atoms with Gasteiger partial charge in [0.15, 0.2) is 0 Å². The molecule has 118 valence electrons. The number of methoxy groups -OCH3 is 1. The molecular formula is C17H22N2O3. The summed E-state index contributed by atoms with van der Waals surface area (Å²) in [6, 6.07) is 7.24. The number of benzene rings is 1. The number of rotatable bonds is 4. The van der Waals surface area contributed by atoms with E-state index < -0.39 is 12.0 Å². The van der Waals surface area contributed by atoms with Crippen LogP contribution < -0.4 is 5.32 Å². The molecule has 5 nitrogen and oxygen atoms in total. The van der Waals surface area contributed by atoms with Gasteiger partial charge in [-0.05, 0) is 31.4 Å². The van der Waals surface area contributed by atoms with Crippen LogP contribution in [0, 0.1) is 0 Å². The van der Waals surface area contributed by atoms with Crippen molar-refractivity contribution < 1.29 is 14.3 Å². The maximum absolute atomic E-state index is 12.2. The Balaban J connectivity index is 2.49. The maximum atomic E-state index is 12.2. The third-order valence-corrected chi connectivity index (χ3v) is 4.04. The lowest BCUT2D eigenvalue weighted by Crippen LogP contribution is -2.47. The lowest BCUT2D eigenvalue weighted by Gasteiger charge is -2.34. The highest BCUT2D eigenvalue weighted by Gasteiger charge is 2.35. The van der Waals surface area contributed by atoms with E-state index in [1.165, 1.54) is 12.7 Å². The van der Waals surface area contributed by atoms with Crippen LogP contribution in [0.1, 0.15) is 37.9 Å². The van der Waals surface area contributed by atoms with E-state index in [-0.39, 0.29) is 6.03 Å². The largest absolute Gasteiger partial charge is 0.466 e. The number of esters is 1. The molecule has 0 unspecified atom stereocenters. The molecule has 0 aliphatic carbocycles. The molecular weight excluding hydrogens is 280 g/mol. The summed E-state index contributed by atoms with van der Waals surface area (Å²) >= 11 is 0. The Kier molecular flexibility index (Phi) is 4.85. The third kappa shape index (κ3) is 2.84. The molecule has 22 heavy (non-hydrogen) atoms. The molecule has 1 atom stereocenters. The van der Waals surface area contributed by atoms with Crippen molar-refractivity contribution in [3.8, 4) is 0 Å². The van der Waals surface area contributed by atoms with Gasteiger partial charge in [0.1, 0.15) is 0 Å². The number of hydrogen-bond acceptors (Lipinski definition) is 3. The number of aryl methyl sites for hydroxylation is 1. The van der Waals surface area contributed by atoms with Crippen molar-refractivity contribution >= 4 is 12.0 Å². The fraction of sp³-hybridized carbons (Fsp3) is 0.412. The van der Waals surface area contributed by atoms with Crippen LogP contribution in [-0.4, -0.2) is 30.6 Å². The van der Waals surface area contributed by atoms with E-state index in [0.717, 1.165) is 12.0 Å². The summed E-state index contributed by atoms with van der Waals surface area (Å²) < 4.78 is 4.91. The zero-order valence-corrected chi connectivity index (χ0v) is 13.5. The second-order valence-corrected chi connectivity index (χ2v) is 5.21. The Morgan fingerprint density at radius 3 is 2.41 bits per heavy atom. The fourth-order valence-electron chi connectivity index (χ4n) is 2.73. The van der Waals surface area contributed by atoms with Crippen LogP contribution in [0.3, 0.4) is 0 Å². The maximum Gasteiger partial charge on any atom is 0.337 e. The average molecular weight is 302 g/mol. The number of carbonyl (C=O) groups excluding carboxylic acids is 2. The average Bonchev–Trinajstić information content (AvgIpc) is 2.54. The number of carbonyl (C=O) groups is 2. The minimum absolute atomic E-state index is 0.197. The van der Waals surface area contributed by atoms with Crippen LogP contribution in [0.15, 0.2) is 35.5 Å². The number of nitrogens with one attached hydrogen (secondary N) is 1. The summed E-state index contributed by atoms with van der Waals surface area (Å²) in [5.74, 6) is -0.416. The molecule has 1 heterocycles. The highest BCUT2D eigenvalue weighted by atomic mass is 16.5. The molecule has 1 N–H and O–H groups in total. The van der Waals surface area contributed by atoms with Crippen molar-refractivity contribution in [3.05, 3.63) is 46.7 Å². The summed E-state index contributed by atoms with van der Waals surface area (Å²) in [6.07, 6.45) is 0.944. The van der Waals surface area contributed by atoms with E-state index in [1.54, 1.807) is 11.8 Å². The fourth-order valence-corrected chi connectivity index (χ4v) is 2.73. The van der Waals surface area contributed by atoms with Crippen LogP contribution in [0.4, 0.5) is 4.79 Å². The minimum Gasteiger partial charge on any atom is -0.466 e. The third-order valence-electron chi connectivity index (χ3n) is 4.04. The SMILES string of the molecule is CCc1ccc([C@H]2NC(=O)N(CC)C(C)=C2C(=O)OC)cc1. The standard InChI is InChI=1S/C17H22N2O3/c1-5-12-7-9-13(10-8-12)15-14(16(20)22-4)11(3)19(6-2)17(21)18-15/h7-10,15H,5-6H2,1-4H3,(H,18,21)/t15-/m1/s1. The lowest BCUT2D eigenvalue weighted by atomic mass is 9.94. The molecule has 2 amide bonds. The van der Waals surface area contributed by atoms with Gasteiger partial charge < -0.3 is 10.1 Å². The van der Waals surface area contributed by atoms with Crippen LogP contribution in [-0.2, 0) is 16.0 Å². The summed E-state index contributed by atoms with van der Waals surface area (Å²) in [5, 5.41) is 2.90. The summed E-state index contributed by atoms with van der Waals surface area (Å²) in [4.78, 5) is 26.0. The monoisotopic (exact) mass is 302 g/mol. The zero-order chi connectivity index (χ0) is 16.3. The first-order valence-electron chi connectivity index (χ1n) is 7.49. The summed E-state index contributed by atoms with van der Waals surface area (Å²) in [7, 11) is 1.35. The lowest BCUT2D eigenvalue weighted by molar-refractivity contribution is -0.136. The van der Waals surface area contributed by atoms with Gasteiger partial charge in [-0.25, -0.2) is 9.59 Å². The predicted octanol–water partition coefficient (Wildman–Crippen LogP) is 2.78. The minimum atomic E-state index is -0.478. The van der Waals surface area contributed by atoms with Gasteiger partial charge in [-0.15, -0.1) is 0 Å². The Labute approximate surface area is 130 Å². The van der Waals surface area contributed by atoms with Gasteiger partial charge >= 0.3 is 12.0 Å². The quantitative estimate of drug-likeness (QED) is 0.870. The smallest absolute Gasteiger partial charge is 0.337 e. The van der Waals surface area contributed by atoms with E-state index >= 15 is 0 Å². The first-order valence-corrected chi connectivity index (χ1v) is 7.49. The highest BCUT2D eigenvalue weighted by Crippen LogP contribution is 2.31. The second-order valence-electron chi connectivity index (χ2n) is 5.21. The molecule has 0 spiro atoms. The van der Waals surface area contributed by atoms with Gasteiger partial charge in [0.2, 0.25) is 0 Å². The van der Waals surface area contributed by atoms with Crippen molar-refractivity contribution in [3.63, 3.8) is 0 Å². The second kappa shape index (κ2) is 6.64. The van der Waals surface area contributed by atoms with E-state index in [9.17, 15) is 9.59 Å². The topological polar surface area (TPSA) is 58.6 Å². The van der Waals surface area contributed by atoms with Crippen molar-refractivity contribution in [2.45, 2.75) is 33.2 Å².